The predicted octanol–water partition coefficient (Wildman–Crippen LogP) is 2.08. The highest BCUT2D eigenvalue weighted by atomic mass is 35.5. The summed E-state index contributed by atoms with van der Waals surface area (Å²) in [5.41, 5.74) is 0.674. The van der Waals surface area contributed by atoms with Crippen LogP contribution in [0.25, 0.3) is 5.69 Å². The lowest BCUT2D eigenvalue weighted by Gasteiger charge is -2.08. The van der Waals surface area contributed by atoms with E-state index < -0.39 is 10.1 Å². The molecule has 0 N–H and O–H groups in total. The standard InChI is InChI=1S/C13H9ClN4O3S/c14-12-3-1-2-4-13(12)22(19,20)21-11-7-5-10(6-8-11)18-9-15-16-17-18/h1-9H. The maximum Gasteiger partial charge on any atom is 0.340 e. The van der Waals surface area contributed by atoms with Gasteiger partial charge in [-0.2, -0.15) is 8.42 Å². The van der Waals surface area contributed by atoms with Crippen molar-refractivity contribution in [1.82, 2.24) is 20.2 Å². The topological polar surface area (TPSA) is 87.0 Å². The summed E-state index contributed by atoms with van der Waals surface area (Å²) in [4.78, 5) is -0.0822. The van der Waals surface area contributed by atoms with Crippen molar-refractivity contribution in [2.75, 3.05) is 0 Å². The lowest BCUT2D eigenvalue weighted by Crippen LogP contribution is -2.10. The predicted molar refractivity (Wildman–Crippen MR) is 78.4 cm³/mol. The van der Waals surface area contributed by atoms with E-state index in [1.165, 1.54) is 35.3 Å². The van der Waals surface area contributed by atoms with Crippen molar-refractivity contribution in [3.63, 3.8) is 0 Å². The number of nitrogens with zero attached hydrogens (tertiary/aromatic N) is 4. The second-order valence-corrected chi connectivity index (χ2v) is 6.14. The molecule has 3 aromatic rings. The van der Waals surface area contributed by atoms with E-state index in [1.54, 1.807) is 24.3 Å². The molecule has 0 bridgehead atoms. The van der Waals surface area contributed by atoms with E-state index in [1.807, 2.05) is 0 Å². The van der Waals surface area contributed by atoms with E-state index in [0.29, 0.717) is 5.69 Å². The Morgan fingerprint density at radius 1 is 1.05 bits per heavy atom. The number of hydrogen-bond acceptors (Lipinski definition) is 6. The molecule has 112 valence electrons. The maximum atomic E-state index is 12.2. The highest BCUT2D eigenvalue weighted by molar-refractivity contribution is 7.87. The Hall–Kier alpha value is -2.45. The van der Waals surface area contributed by atoms with Crippen molar-refractivity contribution in [3.8, 4) is 11.4 Å². The molecule has 0 aliphatic heterocycles. The molecule has 0 fully saturated rings. The van der Waals surface area contributed by atoms with Crippen molar-refractivity contribution in [2.24, 2.45) is 0 Å². The number of tetrazole rings is 1. The smallest absolute Gasteiger partial charge is 0.340 e. The van der Waals surface area contributed by atoms with Crippen LogP contribution in [0, 0.1) is 0 Å². The van der Waals surface area contributed by atoms with Gasteiger partial charge in [0.15, 0.2) is 0 Å². The summed E-state index contributed by atoms with van der Waals surface area (Å²) in [6.07, 6.45) is 1.43. The zero-order chi connectivity index (χ0) is 15.6. The third-order valence-corrected chi connectivity index (χ3v) is 4.51. The molecule has 0 saturated heterocycles. The molecule has 1 aromatic heterocycles. The van der Waals surface area contributed by atoms with E-state index in [9.17, 15) is 8.42 Å². The van der Waals surface area contributed by atoms with Crippen molar-refractivity contribution in [1.29, 1.82) is 0 Å². The molecule has 0 amide bonds. The van der Waals surface area contributed by atoms with Gasteiger partial charge in [0.1, 0.15) is 17.0 Å². The summed E-state index contributed by atoms with van der Waals surface area (Å²) >= 11 is 5.88. The minimum Gasteiger partial charge on any atom is -0.379 e. The Kier molecular flexibility index (Phi) is 3.78. The van der Waals surface area contributed by atoms with Gasteiger partial charge >= 0.3 is 10.1 Å². The van der Waals surface area contributed by atoms with Gasteiger partial charge < -0.3 is 4.18 Å². The highest BCUT2D eigenvalue weighted by Gasteiger charge is 2.19. The molecule has 1 heterocycles. The third-order valence-electron chi connectivity index (χ3n) is 2.76. The van der Waals surface area contributed by atoms with Gasteiger partial charge in [-0.3, -0.25) is 0 Å². The van der Waals surface area contributed by atoms with Crippen LogP contribution < -0.4 is 4.18 Å². The van der Waals surface area contributed by atoms with E-state index >= 15 is 0 Å². The van der Waals surface area contributed by atoms with Gasteiger partial charge in [0.2, 0.25) is 0 Å². The van der Waals surface area contributed by atoms with Gasteiger partial charge in [-0.1, -0.05) is 23.7 Å². The Morgan fingerprint density at radius 2 is 1.77 bits per heavy atom. The van der Waals surface area contributed by atoms with Crippen LogP contribution in [0.1, 0.15) is 0 Å². The van der Waals surface area contributed by atoms with Gasteiger partial charge in [-0.25, -0.2) is 4.68 Å². The first-order valence-electron chi connectivity index (χ1n) is 6.09. The lowest BCUT2D eigenvalue weighted by atomic mass is 10.3. The van der Waals surface area contributed by atoms with Crippen LogP contribution in [-0.4, -0.2) is 28.6 Å². The molecule has 0 aliphatic carbocycles. The first-order chi connectivity index (χ1) is 10.6. The van der Waals surface area contributed by atoms with Crippen LogP contribution in [0.4, 0.5) is 0 Å². The molecule has 2 aromatic carbocycles. The zero-order valence-electron chi connectivity index (χ0n) is 11.0. The number of benzene rings is 2. The fraction of sp³-hybridized carbons (Fsp3) is 0. The average Bonchev–Trinajstić information content (AvgIpc) is 3.02. The van der Waals surface area contributed by atoms with Crippen LogP contribution in [0.3, 0.4) is 0 Å². The summed E-state index contributed by atoms with van der Waals surface area (Å²) in [6.45, 7) is 0. The van der Waals surface area contributed by atoms with Crippen molar-refractivity contribution in [3.05, 3.63) is 59.9 Å². The first-order valence-corrected chi connectivity index (χ1v) is 7.87. The molecule has 9 heteroatoms. The van der Waals surface area contributed by atoms with Crippen molar-refractivity contribution in [2.45, 2.75) is 4.90 Å². The van der Waals surface area contributed by atoms with Crippen LogP contribution in [0.2, 0.25) is 5.02 Å². The summed E-state index contributed by atoms with van der Waals surface area (Å²) in [6, 6.07) is 12.4. The molecular formula is C13H9ClN4O3S. The van der Waals surface area contributed by atoms with Gasteiger partial charge in [0, 0.05) is 0 Å². The van der Waals surface area contributed by atoms with E-state index in [2.05, 4.69) is 15.5 Å². The van der Waals surface area contributed by atoms with Gasteiger partial charge in [0.05, 0.1) is 10.7 Å². The quantitative estimate of drug-likeness (QED) is 0.678. The van der Waals surface area contributed by atoms with Crippen LogP contribution in [0.5, 0.6) is 5.75 Å². The van der Waals surface area contributed by atoms with Gasteiger partial charge in [-0.15, -0.1) is 5.10 Å². The fourth-order valence-electron chi connectivity index (χ4n) is 1.75. The average molecular weight is 337 g/mol. The molecule has 0 aliphatic rings. The summed E-state index contributed by atoms with van der Waals surface area (Å²) in [7, 11) is -3.99. The minimum atomic E-state index is -3.99. The number of aromatic nitrogens is 4. The summed E-state index contributed by atoms with van der Waals surface area (Å²) < 4.78 is 30.9. The Bertz CT molecular complexity index is 880. The zero-order valence-corrected chi connectivity index (χ0v) is 12.6. The molecule has 0 saturated carbocycles. The molecule has 0 radical (unpaired) electrons. The molecular weight excluding hydrogens is 328 g/mol. The number of halogens is 1. The Balaban J connectivity index is 1.86. The molecule has 0 atom stereocenters. The fourth-order valence-corrected chi connectivity index (χ4v) is 3.18. The third kappa shape index (κ3) is 2.92. The van der Waals surface area contributed by atoms with Gasteiger partial charge in [0.25, 0.3) is 0 Å². The molecule has 7 nitrogen and oxygen atoms in total. The van der Waals surface area contributed by atoms with Crippen molar-refractivity contribution < 1.29 is 12.6 Å². The first kappa shape index (κ1) is 14.5. The molecule has 0 unspecified atom stereocenters. The minimum absolute atomic E-state index is 0.0822. The van der Waals surface area contributed by atoms with Crippen LogP contribution in [0.15, 0.2) is 59.8 Å². The summed E-state index contributed by atoms with van der Waals surface area (Å²) in [5.74, 6) is 0.164. The Morgan fingerprint density at radius 3 is 2.41 bits per heavy atom. The van der Waals surface area contributed by atoms with E-state index in [-0.39, 0.29) is 15.7 Å². The number of rotatable bonds is 4. The van der Waals surface area contributed by atoms with E-state index in [0.717, 1.165) is 0 Å². The molecule has 22 heavy (non-hydrogen) atoms. The van der Waals surface area contributed by atoms with Gasteiger partial charge in [-0.05, 0) is 46.8 Å². The van der Waals surface area contributed by atoms with E-state index in [4.69, 9.17) is 15.8 Å². The largest absolute Gasteiger partial charge is 0.379 e. The summed E-state index contributed by atoms with van der Waals surface area (Å²) in [5, 5.41) is 10.9. The van der Waals surface area contributed by atoms with Crippen LogP contribution in [-0.2, 0) is 10.1 Å². The monoisotopic (exact) mass is 336 g/mol. The second kappa shape index (κ2) is 5.74. The maximum absolute atomic E-state index is 12.2. The molecule has 0 spiro atoms. The normalized spacial score (nSPS) is 11.3. The van der Waals surface area contributed by atoms with Crippen LogP contribution >= 0.6 is 11.6 Å². The lowest BCUT2D eigenvalue weighted by molar-refractivity contribution is 0.486. The highest BCUT2D eigenvalue weighted by Crippen LogP contribution is 2.25. The van der Waals surface area contributed by atoms with Crippen molar-refractivity contribution >= 4 is 21.7 Å². The molecule has 3 rings (SSSR count). The Labute approximate surface area is 131 Å². The number of hydrogen-bond donors (Lipinski definition) is 0. The second-order valence-electron chi connectivity index (χ2n) is 4.22. The SMILES string of the molecule is O=S(=O)(Oc1ccc(-n2cnnn2)cc1)c1ccccc1Cl.